The van der Waals surface area contributed by atoms with Crippen LogP contribution in [0, 0.1) is 13.8 Å². The van der Waals surface area contributed by atoms with E-state index in [1.54, 1.807) is 6.07 Å². The number of aromatic amines is 1. The SMILES string of the molecule is COc1nc(C)ccc1C(=O)N1CCN(Cc2n[nH]c(C)n2)CC1. The zero-order valence-corrected chi connectivity index (χ0v) is 14.2. The number of rotatable bonds is 4. The van der Waals surface area contributed by atoms with Crippen LogP contribution in [0.15, 0.2) is 12.1 Å². The van der Waals surface area contributed by atoms with Gasteiger partial charge < -0.3 is 9.64 Å². The predicted octanol–water partition coefficient (Wildman–Crippen LogP) is 0.783. The topological polar surface area (TPSA) is 87.2 Å². The Bertz CT molecular complexity index is 721. The van der Waals surface area contributed by atoms with Gasteiger partial charge in [-0.1, -0.05) is 0 Å². The highest BCUT2D eigenvalue weighted by Crippen LogP contribution is 2.19. The summed E-state index contributed by atoms with van der Waals surface area (Å²) in [4.78, 5) is 25.4. The minimum Gasteiger partial charge on any atom is -0.480 e. The first-order chi connectivity index (χ1) is 11.6. The van der Waals surface area contributed by atoms with Gasteiger partial charge in [0.15, 0.2) is 5.82 Å². The number of pyridine rings is 1. The maximum Gasteiger partial charge on any atom is 0.259 e. The van der Waals surface area contributed by atoms with Gasteiger partial charge in [-0.15, -0.1) is 0 Å². The molecule has 0 spiro atoms. The molecule has 24 heavy (non-hydrogen) atoms. The standard InChI is InChI=1S/C16H22N6O2/c1-11-4-5-13(15(17-11)24-3)16(23)22-8-6-21(7-9-22)10-14-18-12(2)19-20-14/h4-5H,6-10H2,1-3H3,(H,18,19,20). The molecule has 8 nitrogen and oxygen atoms in total. The van der Waals surface area contributed by atoms with Gasteiger partial charge in [-0.3, -0.25) is 14.8 Å². The quantitative estimate of drug-likeness (QED) is 0.891. The Labute approximate surface area is 140 Å². The Morgan fingerprint density at radius 2 is 1.96 bits per heavy atom. The Morgan fingerprint density at radius 3 is 2.58 bits per heavy atom. The second kappa shape index (κ2) is 6.96. The van der Waals surface area contributed by atoms with Gasteiger partial charge in [-0.25, -0.2) is 9.97 Å². The number of H-pyrrole nitrogens is 1. The van der Waals surface area contributed by atoms with E-state index < -0.39 is 0 Å². The second-order valence-corrected chi connectivity index (χ2v) is 5.91. The van der Waals surface area contributed by atoms with Crippen molar-refractivity contribution < 1.29 is 9.53 Å². The summed E-state index contributed by atoms with van der Waals surface area (Å²) in [6, 6.07) is 3.61. The second-order valence-electron chi connectivity index (χ2n) is 5.91. The number of piperazine rings is 1. The summed E-state index contributed by atoms with van der Waals surface area (Å²) < 4.78 is 5.25. The zero-order chi connectivity index (χ0) is 17.1. The molecule has 3 rings (SSSR count). The van der Waals surface area contributed by atoms with Crippen LogP contribution < -0.4 is 4.74 Å². The van der Waals surface area contributed by atoms with Crippen LogP contribution in [0.2, 0.25) is 0 Å². The Balaban J connectivity index is 1.61. The molecule has 0 bridgehead atoms. The summed E-state index contributed by atoms with van der Waals surface area (Å²) in [5, 5.41) is 7.01. The first kappa shape index (κ1) is 16.4. The molecule has 8 heteroatoms. The van der Waals surface area contributed by atoms with Crippen molar-refractivity contribution in [3.63, 3.8) is 0 Å². The van der Waals surface area contributed by atoms with Gasteiger partial charge in [0, 0.05) is 31.9 Å². The number of carbonyl (C=O) groups is 1. The maximum absolute atomic E-state index is 12.7. The minimum atomic E-state index is -0.0345. The van der Waals surface area contributed by atoms with Gasteiger partial charge in [-0.05, 0) is 26.0 Å². The van der Waals surface area contributed by atoms with E-state index >= 15 is 0 Å². The van der Waals surface area contributed by atoms with Crippen LogP contribution in [0.3, 0.4) is 0 Å². The smallest absolute Gasteiger partial charge is 0.259 e. The average Bonchev–Trinajstić information content (AvgIpc) is 2.99. The van der Waals surface area contributed by atoms with Gasteiger partial charge in [0.1, 0.15) is 11.4 Å². The van der Waals surface area contributed by atoms with Gasteiger partial charge in [0.25, 0.3) is 5.91 Å². The third kappa shape index (κ3) is 3.53. The van der Waals surface area contributed by atoms with E-state index in [4.69, 9.17) is 4.74 Å². The molecule has 2 aromatic heterocycles. The molecular weight excluding hydrogens is 308 g/mol. The number of ether oxygens (including phenoxy) is 1. The first-order valence-electron chi connectivity index (χ1n) is 7.98. The lowest BCUT2D eigenvalue weighted by Crippen LogP contribution is -2.48. The van der Waals surface area contributed by atoms with Crippen molar-refractivity contribution in [2.24, 2.45) is 0 Å². The minimum absolute atomic E-state index is 0.0345. The van der Waals surface area contributed by atoms with Crippen molar-refractivity contribution >= 4 is 5.91 Å². The predicted molar refractivity (Wildman–Crippen MR) is 87.8 cm³/mol. The molecule has 128 valence electrons. The summed E-state index contributed by atoms with van der Waals surface area (Å²) in [6.07, 6.45) is 0. The fourth-order valence-corrected chi connectivity index (χ4v) is 2.79. The molecule has 0 unspecified atom stereocenters. The maximum atomic E-state index is 12.7. The van der Waals surface area contributed by atoms with E-state index in [1.165, 1.54) is 7.11 Å². The van der Waals surface area contributed by atoms with E-state index in [2.05, 4.69) is 25.1 Å². The lowest BCUT2D eigenvalue weighted by Gasteiger charge is -2.34. The van der Waals surface area contributed by atoms with E-state index in [9.17, 15) is 4.79 Å². The lowest BCUT2D eigenvalue weighted by atomic mass is 10.2. The average molecular weight is 330 g/mol. The zero-order valence-electron chi connectivity index (χ0n) is 14.2. The van der Waals surface area contributed by atoms with Gasteiger partial charge >= 0.3 is 0 Å². The molecule has 1 aliphatic rings. The van der Waals surface area contributed by atoms with Crippen LogP contribution in [0.5, 0.6) is 5.88 Å². The molecule has 0 aromatic carbocycles. The number of carbonyl (C=O) groups excluding carboxylic acids is 1. The van der Waals surface area contributed by atoms with Crippen molar-refractivity contribution in [2.75, 3.05) is 33.3 Å². The van der Waals surface area contributed by atoms with Crippen molar-refractivity contribution in [2.45, 2.75) is 20.4 Å². The third-order valence-corrected chi connectivity index (χ3v) is 4.09. The molecule has 1 aliphatic heterocycles. The summed E-state index contributed by atoms with van der Waals surface area (Å²) in [7, 11) is 1.54. The van der Waals surface area contributed by atoms with Crippen LogP contribution in [-0.4, -0.2) is 69.2 Å². The fourth-order valence-electron chi connectivity index (χ4n) is 2.79. The molecule has 3 heterocycles. The van der Waals surface area contributed by atoms with Crippen LogP contribution in [-0.2, 0) is 6.54 Å². The highest BCUT2D eigenvalue weighted by Gasteiger charge is 2.25. The van der Waals surface area contributed by atoms with E-state index in [-0.39, 0.29) is 5.91 Å². The molecule has 0 saturated carbocycles. The van der Waals surface area contributed by atoms with Gasteiger partial charge in [-0.2, -0.15) is 5.10 Å². The van der Waals surface area contributed by atoms with Crippen LogP contribution in [0.25, 0.3) is 0 Å². The third-order valence-electron chi connectivity index (χ3n) is 4.09. The number of nitrogens with one attached hydrogen (secondary N) is 1. The number of nitrogens with zero attached hydrogens (tertiary/aromatic N) is 5. The number of methoxy groups -OCH3 is 1. The van der Waals surface area contributed by atoms with E-state index in [0.29, 0.717) is 31.1 Å². The molecule has 1 N–H and O–H groups in total. The normalized spacial score (nSPS) is 15.5. The number of aromatic nitrogens is 4. The molecule has 1 fully saturated rings. The summed E-state index contributed by atoms with van der Waals surface area (Å²) in [6.45, 7) is 7.37. The van der Waals surface area contributed by atoms with Gasteiger partial charge in [0.05, 0.1) is 13.7 Å². The van der Waals surface area contributed by atoms with Crippen molar-refractivity contribution in [3.8, 4) is 5.88 Å². The summed E-state index contributed by atoms with van der Waals surface area (Å²) >= 11 is 0. The number of aryl methyl sites for hydroxylation is 2. The van der Waals surface area contributed by atoms with Crippen molar-refractivity contribution in [1.29, 1.82) is 0 Å². The van der Waals surface area contributed by atoms with Crippen molar-refractivity contribution in [3.05, 3.63) is 35.0 Å². The monoisotopic (exact) mass is 330 g/mol. The highest BCUT2D eigenvalue weighted by atomic mass is 16.5. The lowest BCUT2D eigenvalue weighted by molar-refractivity contribution is 0.0621. The van der Waals surface area contributed by atoms with Crippen molar-refractivity contribution in [1.82, 2.24) is 30.0 Å². The molecule has 1 amide bonds. The fraction of sp³-hybridized carbons (Fsp3) is 0.500. The molecule has 0 atom stereocenters. The number of hydrogen-bond donors (Lipinski definition) is 1. The molecule has 1 saturated heterocycles. The van der Waals surface area contributed by atoms with Crippen LogP contribution in [0.1, 0.15) is 27.7 Å². The Hall–Kier alpha value is -2.48. The van der Waals surface area contributed by atoms with Crippen LogP contribution >= 0.6 is 0 Å². The molecule has 2 aromatic rings. The summed E-state index contributed by atoms with van der Waals surface area (Å²) in [5.41, 5.74) is 1.34. The molecule has 0 radical (unpaired) electrons. The van der Waals surface area contributed by atoms with E-state index in [0.717, 1.165) is 30.4 Å². The summed E-state index contributed by atoms with van der Waals surface area (Å²) in [5.74, 6) is 1.96. The molecule has 0 aliphatic carbocycles. The van der Waals surface area contributed by atoms with Crippen LogP contribution in [0.4, 0.5) is 0 Å². The highest BCUT2D eigenvalue weighted by molar-refractivity contribution is 5.96. The first-order valence-corrected chi connectivity index (χ1v) is 7.98. The Kier molecular flexibility index (Phi) is 4.75. The number of amides is 1. The molecular formula is C16H22N6O2. The van der Waals surface area contributed by atoms with Gasteiger partial charge in [0.2, 0.25) is 5.88 Å². The van der Waals surface area contributed by atoms with E-state index in [1.807, 2.05) is 24.8 Å². The Morgan fingerprint density at radius 1 is 1.21 bits per heavy atom. The largest absolute Gasteiger partial charge is 0.480 e. The number of hydrogen-bond acceptors (Lipinski definition) is 6.